The van der Waals surface area contributed by atoms with E-state index in [0.29, 0.717) is 24.0 Å². The lowest BCUT2D eigenvalue weighted by Crippen LogP contribution is -2.45. The van der Waals surface area contributed by atoms with E-state index in [1.54, 1.807) is 6.07 Å². The second kappa shape index (κ2) is 6.10. The van der Waals surface area contributed by atoms with E-state index in [1.165, 1.54) is 5.57 Å². The molecule has 2 atom stereocenters. The molecule has 0 fully saturated rings. The van der Waals surface area contributed by atoms with Crippen molar-refractivity contribution in [3.05, 3.63) is 29.3 Å². The molecule has 1 N–H and O–H groups in total. The van der Waals surface area contributed by atoms with Gasteiger partial charge in [0.1, 0.15) is 22.8 Å². The first-order chi connectivity index (χ1) is 10.9. The normalized spacial score (nSPS) is 25.0. The molecule has 0 bridgehead atoms. The third-order valence-corrected chi connectivity index (χ3v) is 5.21. The minimum absolute atomic E-state index is 0.229. The van der Waals surface area contributed by atoms with Crippen LogP contribution in [0.1, 0.15) is 64.9 Å². The highest BCUT2D eigenvalue weighted by atomic mass is 16.5. The predicted octanol–water partition coefficient (Wildman–Crippen LogP) is 5.18. The number of ether oxygens (including phenoxy) is 2. The van der Waals surface area contributed by atoms with Crippen molar-refractivity contribution in [1.82, 2.24) is 0 Å². The number of rotatable bonds is 4. The van der Waals surface area contributed by atoms with Gasteiger partial charge in [-0.1, -0.05) is 25.0 Å². The highest BCUT2D eigenvalue weighted by Crippen LogP contribution is 2.54. The Morgan fingerprint density at radius 2 is 2.13 bits per heavy atom. The molecule has 0 saturated heterocycles. The number of hydrogen-bond acceptors (Lipinski definition) is 3. The van der Waals surface area contributed by atoms with Gasteiger partial charge in [0.05, 0.1) is 6.61 Å². The molecule has 3 heteroatoms. The summed E-state index contributed by atoms with van der Waals surface area (Å²) in [6.07, 6.45) is 6.63. The molecule has 1 aromatic carbocycles. The number of unbranched alkanes of at least 4 members (excludes halogenated alkanes) is 1. The zero-order valence-corrected chi connectivity index (χ0v) is 14.7. The molecular weight excluding hydrogens is 288 g/mol. The first kappa shape index (κ1) is 16.2. The van der Waals surface area contributed by atoms with E-state index in [9.17, 15) is 5.11 Å². The van der Waals surface area contributed by atoms with Crippen molar-refractivity contribution < 1.29 is 14.6 Å². The molecule has 1 heterocycles. The first-order valence-corrected chi connectivity index (χ1v) is 8.78. The van der Waals surface area contributed by atoms with Crippen molar-refractivity contribution in [1.29, 1.82) is 0 Å². The lowest BCUT2D eigenvalue weighted by molar-refractivity contribution is 0.0105. The third-order valence-electron chi connectivity index (χ3n) is 5.21. The summed E-state index contributed by atoms with van der Waals surface area (Å²) in [6.45, 7) is 9.30. The van der Waals surface area contributed by atoms with Crippen LogP contribution in [0.25, 0.3) is 0 Å². The van der Waals surface area contributed by atoms with E-state index in [-0.39, 0.29) is 11.5 Å². The van der Waals surface area contributed by atoms with Crippen LogP contribution in [0.2, 0.25) is 0 Å². The van der Waals surface area contributed by atoms with Crippen LogP contribution in [-0.2, 0) is 0 Å². The number of allylic oxidation sites excluding steroid dienone is 2. The fourth-order valence-electron chi connectivity index (χ4n) is 3.92. The van der Waals surface area contributed by atoms with E-state index >= 15 is 0 Å². The van der Waals surface area contributed by atoms with Crippen molar-refractivity contribution >= 4 is 0 Å². The Kier molecular flexibility index (Phi) is 4.31. The fraction of sp³-hybridized carbons (Fsp3) is 0.600. The SMILES string of the molecule is CCCCOc1cc(O)c2c(c1)OC(C)(C)C1CCC(C)=CC21. The minimum Gasteiger partial charge on any atom is -0.507 e. The molecule has 23 heavy (non-hydrogen) atoms. The molecule has 3 nitrogen and oxygen atoms in total. The van der Waals surface area contributed by atoms with Crippen molar-refractivity contribution in [2.75, 3.05) is 6.61 Å². The van der Waals surface area contributed by atoms with Gasteiger partial charge in [0.2, 0.25) is 0 Å². The molecule has 0 spiro atoms. The van der Waals surface area contributed by atoms with E-state index in [2.05, 4.69) is 33.8 Å². The molecule has 126 valence electrons. The number of benzene rings is 1. The molecule has 2 unspecified atom stereocenters. The maximum absolute atomic E-state index is 10.6. The Morgan fingerprint density at radius 3 is 2.87 bits per heavy atom. The molecular formula is C20H28O3. The molecule has 0 aromatic heterocycles. The van der Waals surface area contributed by atoms with Crippen LogP contribution in [0.5, 0.6) is 17.2 Å². The van der Waals surface area contributed by atoms with Gasteiger partial charge >= 0.3 is 0 Å². The van der Waals surface area contributed by atoms with E-state index in [4.69, 9.17) is 9.47 Å². The summed E-state index contributed by atoms with van der Waals surface area (Å²) in [5.41, 5.74) is 2.09. The highest BCUT2D eigenvalue weighted by Gasteiger charge is 2.45. The Morgan fingerprint density at radius 1 is 1.35 bits per heavy atom. The molecule has 1 aliphatic heterocycles. The smallest absolute Gasteiger partial charge is 0.131 e. The van der Waals surface area contributed by atoms with Crippen molar-refractivity contribution in [2.24, 2.45) is 5.92 Å². The maximum Gasteiger partial charge on any atom is 0.131 e. The standard InChI is InChI=1S/C20H28O3/c1-5-6-9-22-14-11-17(21)19-15-10-13(2)7-8-16(15)20(3,4)23-18(19)12-14/h10-12,15-16,21H,5-9H2,1-4H3. The lowest BCUT2D eigenvalue weighted by Gasteiger charge is -2.46. The second-order valence-electron chi connectivity index (χ2n) is 7.45. The van der Waals surface area contributed by atoms with E-state index < -0.39 is 0 Å². The Balaban J connectivity index is 1.99. The van der Waals surface area contributed by atoms with Gasteiger partial charge in [-0.2, -0.15) is 0 Å². The lowest BCUT2D eigenvalue weighted by atomic mass is 9.68. The van der Waals surface area contributed by atoms with Crippen molar-refractivity contribution in [2.45, 2.75) is 64.9 Å². The molecule has 3 rings (SSSR count). The van der Waals surface area contributed by atoms with Crippen molar-refractivity contribution in [3.8, 4) is 17.2 Å². The number of phenols is 1. The average Bonchev–Trinajstić information content (AvgIpc) is 2.46. The summed E-state index contributed by atoms with van der Waals surface area (Å²) < 4.78 is 12.0. The van der Waals surface area contributed by atoms with Crippen LogP contribution in [0, 0.1) is 5.92 Å². The first-order valence-electron chi connectivity index (χ1n) is 8.78. The molecule has 1 aromatic rings. The molecule has 0 saturated carbocycles. The maximum atomic E-state index is 10.6. The number of hydrogen-bond donors (Lipinski definition) is 1. The summed E-state index contributed by atoms with van der Waals surface area (Å²) in [6, 6.07) is 3.69. The zero-order valence-electron chi connectivity index (χ0n) is 14.7. The van der Waals surface area contributed by atoms with Gasteiger partial charge in [0.25, 0.3) is 0 Å². The van der Waals surface area contributed by atoms with Gasteiger partial charge in [-0.15, -0.1) is 0 Å². The molecule has 0 amide bonds. The Hall–Kier alpha value is -1.64. The molecule has 1 aliphatic carbocycles. The largest absolute Gasteiger partial charge is 0.507 e. The third kappa shape index (κ3) is 3.06. The summed E-state index contributed by atoms with van der Waals surface area (Å²) >= 11 is 0. The van der Waals surface area contributed by atoms with Gasteiger partial charge in [-0.05, 0) is 40.0 Å². The van der Waals surface area contributed by atoms with Gasteiger partial charge in [0, 0.05) is 29.5 Å². The monoisotopic (exact) mass is 316 g/mol. The Labute approximate surface area is 139 Å². The quantitative estimate of drug-likeness (QED) is 0.614. The van der Waals surface area contributed by atoms with Gasteiger partial charge in [0.15, 0.2) is 0 Å². The van der Waals surface area contributed by atoms with Crippen LogP contribution in [0.15, 0.2) is 23.8 Å². The molecule has 2 aliphatic rings. The summed E-state index contributed by atoms with van der Waals surface area (Å²) in [7, 11) is 0. The van der Waals surface area contributed by atoms with Crippen LogP contribution in [-0.4, -0.2) is 17.3 Å². The molecule has 0 radical (unpaired) electrons. The predicted molar refractivity (Wildman–Crippen MR) is 92.4 cm³/mol. The van der Waals surface area contributed by atoms with E-state index in [1.807, 2.05) is 6.07 Å². The zero-order chi connectivity index (χ0) is 16.6. The van der Waals surface area contributed by atoms with Crippen LogP contribution < -0.4 is 9.47 Å². The minimum atomic E-state index is -0.233. The van der Waals surface area contributed by atoms with Crippen LogP contribution in [0.4, 0.5) is 0 Å². The average molecular weight is 316 g/mol. The summed E-state index contributed by atoms with van der Waals surface area (Å²) in [4.78, 5) is 0. The number of fused-ring (bicyclic) bond motifs is 3. The second-order valence-corrected chi connectivity index (χ2v) is 7.45. The van der Waals surface area contributed by atoms with E-state index in [0.717, 1.165) is 37.0 Å². The van der Waals surface area contributed by atoms with Crippen LogP contribution >= 0.6 is 0 Å². The fourth-order valence-corrected chi connectivity index (χ4v) is 3.92. The van der Waals surface area contributed by atoms with Gasteiger partial charge in [-0.25, -0.2) is 0 Å². The number of aromatic hydroxyl groups is 1. The Bertz CT molecular complexity index is 616. The summed E-state index contributed by atoms with van der Waals surface area (Å²) in [5, 5.41) is 10.6. The highest BCUT2D eigenvalue weighted by molar-refractivity contribution is 5.55. The van der Waals surface area contributed by atoms with Gasteiger partial charge < -0.3 is 14.6 Å². The number of phenolic OH excluding ortho intramolecular Hbond substituents is 1. The van der Waals surface area contributed by atoms with Gasteiger partial charge in [-0.3, -0.25) is 0 Å². The topological polar surface area (TPSA) is 38.7 Å². The van der Waals surface area contributed by atoms with Crippen LogP contribution in [0.3, 0.4) is 0 Å². The van der Waals surface area contributed by atoms with Crippen molar-refractivity contribution in [3.63, 3.8) is 0 Å². The summed E-state index contributed by atoms with van der Waals surface area (Å²) in [5.74, 6) is 2.39.